The van der Waals surface area contributed by atoms with Crippen molar-refractivity contribution in [3.05, 3.63) is 108 Å². The summed E-state index contributed by atoms with van der Waals surface area (Å²) in [5.41, 5.74) is 2.66. The molecule has 0 bridgehead atoms. The minimum atomic E-state index is -0.946. The van der Waals surface area contributed by atoms with Gasteiger partial charge in [-0.2, -0.15) is 5.10 Å². The summed E-state index contributed by atoms with van der Waals surface area (Å²) in [6, 6.07) is 18.2. The van der Waals surface area contributed by atoms with E-state index in [1.807, 2.05) is 36.5 Å². The van der Waals surface area contributed by atoms with Crippen molar-refractivity contribution in [2.24, 2.45) is 0 Å². The van der Waals surface area contributed by atoms with Gasteiger partial charge in [0.25, 0.3) is 5.91 Å². The summed E-state index contributed by atoms with van der Waals surface area (Å²) in [4.78, 5) is 24.4. The van der Waals surface area contributed by atoms with Crippen molar-refractivity contribution >= 4 is 11.8 Å². The van der Waals surface area contributed by atoms with Crippen molar-refractivity contribution in [2.75, 3.05) is 6.54 Å². The largest absolute Gasteiger partial charge is 0.352 e. The predicted octanol–water partition coefficient (Wildman–Crippen LogP) is 4.78. The lowest BCUT2D eigenvalue weighted by Gasteiger charge is -2.08. The molecule has 2 amide bonds. The maximum atomic E-state index is 13.7. The Kier molecular flexibility index (Phi) is 7.79. The standard InChI is InChI=1S/C27H23F3N4O2/c28-20-10-8-18(9-11-20)26-19(17-34(33-26)22-5-2-1-3-6-22)16-32-25(35)7-4-14-31-27(36)23-13-12-21(29)15-24(23)30/h1-3,5-6,8-13,15,17H,4,7,14,16H2,(H,31,36)(H,32,35). The molecule has 1 aromatic heterocycles. The molecule has 0 atom stereocenters. The van der Waals surface area contributed by atoms with Crippen LogP contribution in [0.15, 0.2) is 79.0 Å². The zero-order valence-electron chi connectivity index (χ0n) is 19.2. The van der Waals surface area contributed by atoms with Gasteiger partial charge < -0.3 is 10.6 Å². The Bertz CT molecular complexity index is 1360. The third-order valence-corrected chi connectivity index (χ3v) is 5.45. The Morgan fingerprint density at radius 3 is 2.31 bits per heavy atom. The van der Waals surface area contributed by atoms with Crippen molar-refractivity contribution in [3.63, 3.8) is 0 Å². The van der Waals surface area contributed by atoms with E-state index in [0.717, 1.165) is 23.4 Å². The fourth-order valence-corrected chi connectivity index (χ4v) is 3.60. The molecule has 4 rings (SSSR count). The molecular weight excluding hydrogens is 469 g/mol. The van der Waals surface area contributed by atoms with E-state index in [4.69, 9.17) is 0 Å². The van der Waals surface area contributed by atoms with Gasteiger partial charge in [-0.1, -0.05) is 18.2 Å². The molecular formula is C27H23F3N4O2. The van der Waals surface area contributed by atoms with Crippen LogP contribution in [0.1, 0.15) is 28.8 Å². The Balaban J connectivity index is 1.34. The molecule has 6 nitrogen and oxygen atoms in total. The Labute approximate surface area is 205 Å². The molecule has 0 fully saturated rings. The fourth-order valence-electron chi connectivity index (χ4n) is 3.60. The first kappa shape index (κ1) is 24.7. The van der Waals surface area contributed by atoms with Crippen molar-refractivity contribution in [1.82, 2.24) is 20.4 Å². The van der Waals surface area contributed by atoms with E-state index in [1.54, 1.807) is 16.8 Å². The number of aromatic nitrogens is 2. The lowest BCUT2D eigenvalue weighted by molar-refractivity contribution is -0.121. The second-order valence-electron chi connectivity index (χ2n) is 8.05. The summed E-state index contributed by atoms with van der Waals surface area (Å²) in [5.74, 6) is -2.99. The first-order chi connectivity index (χ1) is 17.4. The smallest absolute Gasteiger partial charge is 0.254 e. The molecule has 0 spiro atoms. The maximum absolute atomic E-state index is 13.7. The molecule has 1 heterocycles. The van der Waals surface area contributed by atoms with Gasteiger partial charge in [0.05, 0.1) is 16.9 Å². The van der Waals surface area contributed by atoms with Crippen LogP contribution in [0.4, 0.5) is 13.2 Å². The molecule has 3 aromatic carbocycles. The maximum Gasteiger partial charge on any atom is 0.254 e. The highest BCUT2D eigenvalue weighted by molar-refractivity contribution is 5.94. The van der Waals surface area contributed by atoms with Crippen LogP contribution in [0.2, 0.25) is 0 Å². The molecule has 36 heavy (non-hydrogen) atoms. The van der Waals surface area contributed by atoms with E-state index < -0.39 is 17.5 Å². The van der Waals surface area contributed by atoms with Gasteiger partial charge in [-0.15, -0.1) is 0 Å². The summed E-state index contributed by atoms with van der Waals surface area (Å²) in [5, 5.41) is 10.00. The minimum absolute atomic E-state index is 0.130. The van der Waals surface area contributed by atoms with E-state index in [9.17, 15) is 22.8 Å². The number of para-hydroxylation sites is 1. The van der Waals surface area contributed by atoms with Crippen LogP contribution in [0.25, 0.3) is 16.9 Å². The van der Waals surface area contributed by atoms with Gasteiger partial charge >= 0.3 is 0 Å². The number of hydrogen-bond donors (Lipinski definition) is 2. The van der Waals surface area contributed by atoms with Gasteiger partial charge in [-0.05, 0) is 55.0 Å². The van der Waals surface area contributed by atoms with Crippen LogP contribution in [-0.4, -0.2) is 28.1 Å². The molecule has 0 radical (unpaired) electrons. The van der Waals surface area contributed by atoms with Crippen LogP contribution in [-0.2, 0) is 11.3 Å². The summed E-state index contributed by atoms with van der Waals surface area (Å²) in [6.45, 7) is 0.349. The molecule has 0 aliphatic rings. The quantitative estimate of drug-likeness (QED) is 0.330. The molecule has 2 N–H and O–H groups in total. The van der Waals surface area contributed by atoms with Gasteiger partial charge in [0.2, 0.25) is 5.91 Å². The highest BCUT2D eigenvalue weighted by Crippen LogP contribution is 2.24. The van der Waals surface area contributed by atoms with E-state index in [1.165, 1.54) is 12.1 Å². The highest BCUT2D eigenvalue weighted by atomic mass is 19.1. The molecule has 0 aliphatic heterocycles. The van der Waals surface area contributed by atoms with Gasteiger partial charge in [-0.25, -0.2) is 17.9 Å². The topological polar surface area (TPSA) is 76.0 Å². The number of benzene rings is 3. The number of halogens is 3. The highest BCUT2D eigenvalue weighted by Gasteiger charge is 2.15. The van der Waals surface area contributed by atoms with Gasteiger partial charge in [0, 0.05) is 42.9 Å². The van der Waals surface area contributed by atoms with Crippen molar-refractivity contribution in [2.45, 2.75) is 19.4 Å². The summed E-state index contributed by atoms with van der Waals surface area (Å²) < 4.78 is 41.8. The summed E-state index contributed by atoms with van der Waals surface area (Å²) in [7, 11) is 0. The second kappa shape index (κ2) is 11.4. The molecule has 0 aliphatic carbocycles. The molecule has 184 valence electrons. The summed E-state index contributed by atoms with van der Waals surface area (Å²) >= 11 is 0. The minimum Gasteiger partial charge on any atom is -0.352 e. The predicted molar refractivity (Wildman–Crippen MR) is 129 cm³/mol. The van der Waals surface area contributed by atoms with Gasteiger partial charge in [0.1, 0.15) is 17.5 Å². The number of hydrogen-bond acceptors (Lipinski definition) is 3. The van der Waals surface area contributed by atoms with Crippen molar-refractivity contribution < 1.29 is 22.8 Å². The number of carbonyl (C=O) groups excluding carboxylic acids is 2. The number of nitrogens with zero attached hydrogens (tertiary/aromatic N) is 2. The Hall–Kier alpha value is -4.40. The lowest BCUT2D eigenvalue weighted by atomic mass is 10.1. The van der Waals surface area contributed by atoms with Crippen LogP contribution < -0.4 is 10.6 Å². The molecule has 0 saturated carbocycles. The average Bonchev–Trinajstić information content (AvgIpc) is 3.30. The van der Waals surface area contributed by atoms with E-state index in [2.05, 4.69) is 15.7 Å². The van der Waals surface area contributed by atoms with E-state index >= 15 is 0 Å². The molecule has 4 aromatic rings. The second-order valence-corrected chi connectivity index (χ2v) is 8.05. The van der Waals surface area contributed by atoms with Crippen LogP contribution in [0.3, 0.4) is 0 Å². The SMILES string of the molecule is O=C(CCCNC(=O)c1ccc(F)cc1F)NCc1cn(-c2ccccc2)nc1-c1ccc(F)cc1. The first-order valence-electron chi connectivity index (χ1n) is 11.3. The van der Waals surface area contributed by atoms with Crippen LogP contribution in [0, 0.1) is 17.5 Å². The van der Waals surface area contributed by atoms with Crippen molar-refractivity contribution in [1.29, 1.82) is 0 Å². The van der Waals surface area contributed by atoms with Gasteiger partial charge in [-0.3, -0.25) is 9.59 Å². The third kappa shape index (κ3) is 6.18. The summed E-state index contributed by atoms with van der Waals surface area (Å²) in [6.07, 6.45) is 2.27. The van der Waals surface area contributed by atoms with Crippen LogP contribution in [0.5, 0.6) is 0 Å². The third-order valence-electron chi connectivity index (χ3n) is 5.45. The zero-order chi connectivity index (χ0) is 25.5. The number of rotatable bonds is 9. The Morgan fingerprint density at radius 1 is 0.861 bits per heavy atom. The number of nitrogens with one attached hydrogen (secondary N) is 2. The number of amides is 2. The molecule has 0 unspecified atom stereocenters. The first-order valence-corrected chi connectivity index (χ1v) is 11.3. The number of carbonyl (C=O) groups is 2. The van der Waals surface area contributed by atoms with E-state index in [-0.39, 0.29) is 36.8 Å². The lowest BCUT2D eigenvalue weighted by Crippen LogP contribution is -2.28. The van der Waals surface area contributed by atoms with Crippen molar-refractivity contribution in [3.8, 4) is 16.9 Å². The van der Waals surface area contributed by atoms with E-state index in [0.29, 0.717) is 23.7 Å². The monoisotopic (exact) mass is 492 g/mol. The molecule has 9 heteroatoms. The van der Waals surface area contributed by atoms with Crippen LogP contribution >= 0.6 is 0 Å². The molecule has 0 saturated heterocycles. The fraction of sp³-hybridized carbons (Fsp3) is 0.148. The van der Waals surface area contributed by atoms with Gasteiger partial charge in [0.15, 0.2) is 0 Å². The Morgan fingerprint density at radius 2 is 1.58 bits per heavy atom. The average molecular weight is 493 g/mol. The normalized spacial score (nSPS) is 10.8. The zero-order valence-corrected chi connectivity index (χ0v) is 19.2.